The molecule has 0 amide bonds. The molecule has 0 saturated carbocycles. The number of rotatable bonds is 1. The maximum Gasteiger partial charge on any atom is 0.0860 e. The first-order valence-corrected chi connectivity index (χ1v) is 5.27. The average molecular weight is 202 g/mol. The smallest absolute Gasteiger partial charge is 0.0860 e. The lowest BCUT2D eigenvalue weighted by Crippen LogP contribution is -2.27. The highest BCUT2D eigenvalue weighted by Crippen LogP contribution is 2.35. The molecule has 3 atom stereocenters. The van der Waals surface area contributed by atoms with Crippen molar-refractivity contribution >= 4 is 6.21 Å². The predicted octanol–water partition coefficient (Wildman–Crippen LogP) is 1.35. The van der Waals surface area contributed by atoms with Crippen LogP contribution in [0.15, 0.2) is 41.2 Å². The Balaban J connectivity index is 1.94. The van der Waals surface area contributed by atoms with E-state index in [0.717, 1.165) is 6.54 Å². The van der Waals surface area contributed by atoms with Crippen molar-refractivity contribution in [2.45, 2.75) is 12.1 Å². The maximum atomic E-state index is 5.49. The van der Waals surface area contributed by atoms with Crippen LogP contribution in [0.25, 0.3) is 0 Å². The largest absolute Gasteiger partial charge is 0.377 e. The molecule has 78 valence electrons. The highest BCUT2D eigenvalue weighted by atomic mass is 16.5. The quantitative estimate of drug-likeness (QED) is 0.641. The number of hydrogen-bond donors (Lipinski definition) is 0. The fourth-order valence-electron chi connectivity index (χ4n) is 2.61. The Kier molecular flexibility index (Phi) is 1.99. The summed E-state index contributed by atoms with van der Waals surface area (Å²) in [6.07, 6.45) is 12.6. The Morgan fingerprint density at radius 3 is 3.33 bits per heavy atom. The highest BCUT2D eigenvalue weighted by Gasteiger charge is 2.39. The van der Waals surface area contributed by atoms with Gasteiger partial charge in [-0.15, -0.1) is 0 Å². The molecule has 3 nitrogen and oxygen atoms in total. The molecule has 3 rings (SSSR count). The first-order chi connectivity index (χ1) is 7.40. The molecule has 2 aliphatic heterocycles. The lowest BCUT2D eigenvalue weighted by atomic mass is 9.89. The minimum absolute atomic E-state index is 0.220. The summed E-state index contributed by atoms with van der Waals surface area (Å²) in [5.74, 6) is 0.485. The molecule has 1 saturated heterocycles. The zero-order chi connectivity index (χ0) is 10.3. The van der Waals surface area contributed by atoms with Gasteiger partial charge in [0.15, 0.2) is 0 Å². The summed E-state index contributed by atoms with van der Waals surface area (Å²) in [6, 6.07) is 0.350. The van der Waals surface area contributed by atoms with Crippen LogP contribution in [0, 0.1) is 5.92 Å². The zero-order valence-electron chi connectivity index (χ0n) is 8.71. The van der Waals surface area contributed by atoms with Gasteiger partial charge >= 0.3 is 0 Å². The van der Waals surface area contributed by atoms with Gasteiger partial charge in [0.05, 0.1) is 12.1 Å². The van der Waals surface area contributed by atoms with E-state index in [4.69, 9.17) is 4.74 Å². The maximum absolute atomic E-state index is 5.49. The second kappa shape index (κ2) is 3.35. The molecule has 15 heavy (non-hydrogen) atoms. The number of ether oxygens (including phenoxy) is 1. The number of fused-ring (bicyclic) bond motifs is 3. The highest BCUT2D eigenvalue weighted by molar-refractivity contribution is 5.73. The van der Waals surface area contributed by atoms with Gasteiger partial charge in [0.1, 0.15) is 0 Å². The third-order valence-corrected chi connectivity index (χ3v) is 3.36. The summed E-state index contributed by atoms with van der Waals surface area (Å²) in [7, 11) is 1.78. The Labute approximate surface area is 89.4 Å². The molecule has 2 heterocycles. The predicted molar refractivity (Wildman–Crippen MR) is 59.6 cm³/mol. The van der Waals surface area contributed by atoms with Gasteiger partial charge < -0.3 is 9.64 Å². The Hall–Kier alpha value is -1.35. The van der Waals surface area contributed by atoms with Gasteiger partial charge in [-0.1, -0.05) is 18.2 Å². The first-order valence-electron chi connectivity index (χ1n) is 5.27. The van der Waals surface area contributed by atoms with Crippen LogP contribution in [0.1, 0.15) is 0 Å². The lowest BCUT2D eigenvalue weighted by Gasteiger charge is -2.22. The number of nitrogens with zero attached hydrogens (tertiary/aromatic N) is 2. The van der Waals surface area contributed by atoms with Crippen LogP contribution >= 0.6 is 0 Å². The van der Waals surface area contributed by atoms with Gasteiger partial charge in [-0.25, -0.2) is 0 Å². The third kappa shape index (κ3) is 1.27. The molecular weight excluding hydrogens is 188 g/mol. The minimum Gasteiger partial charge on any atom is -0.377 e. The van der Waals surface area contributed by atoms with Gasteiger partial charge in [-0.3, -0.25) is 4.99 Å². The molecule has 3 unspecified atom stereocenters. The number of hydrogen-bond acceptors (Lipinski definition) is 3. The Morgan fingerprint density at radius 1 is 1.53 bits per heavy atom. The van der Waals surface area contributed by atoms with Gasteiger partial charge in [-0.2, -0.15) is 0 Å². The molecule has 0 aromatic heterocycles. The van der Waals surface area contributed by atoms with Gasteiger partial charge in [0.2, 0.25) is 0 Å². The minimum atomic E-state index is 0.220. The van der Waals surface area contributed by atoms with Crippen LogP contribution in [0.2, 0.25) is 0 Å². The standard InChI is InChI=1S/C12H14N2O/c1-15-12-4-2-3-9-10(12)8-14-6-5-13-7-11(9)14/h2-7,10-12H,8H2,1H3. The van der Waals surface area contributed by atoms with Crippen LogP contribution in [-0.4, -0.2) is 36.9 Å². The van der Waals surface area contributed by atoms with Crippen molar-refractivity contribution < 1.29 is 4.74 Å². The molecule has 3 heteroatoms. The Morgan fingerprint density at radius 2 is 2.47 bits per heavy atom. The summed E-state index contributed by atoms with van der Waals surface area (Å²) in [5, 5.41) is 0. The van der Waals surface area contributed by atoms with Crippen molar-refractivity contribution in [1.82, 2.24) is 4.90 Å². The number of aliphatic imine (C=N–C) groups is 1. The van der Waals surface area contributed by atoms with E-state index in [1.807, 2.05) is 12.4 Å². The zero-order valence-corrected chi connectivity index (χ0v) is 8.71. The molecule has 0 radical (unpaired) electrons. The Bertz CT molecular complexity index is 381. The molecule has 0 spiro atoms. The summed E-state index contributed by atoms with van der Waals surface area (Å²) in [4.78, 5) is 6.53. The molecule has 0 N–H and O–H groups in total. The number of allylic oxidation sites excluding steroid dienone is 2. The van der Waals surface area contributed by atoms with Gasteiger partial charge in [0.25, 0.3) is 0 Å². The van der Waals surface area contributed by atoms with Crippen LogP contribution < -0.4 is 0 Å². The summed E-state index contributed by atoms with van der Waals surface area (Å²) in [6.45, 7) is 1.03. The van der Waals surface area contributed by atoms with E-state index < -0.39 is 0 Å². The fraction of sp³-hybridized carbons (Fsp3) is 0.417. The van der Waals surface area contributed by atoms with Crippen molar-refractivity contribution in [3.63, 3.8) is 0 Å². The van der Waals surface area contributed by atoms with E-state index in [-0.39, 0.29) is 6.10 Å². The van der Waals surface area contributed by atoms with Crippen molar-refractivity contribution in [1.29, 1.82) is 0 Å². The van der Waals surface area contributed by atoms with Crippen LogP contribution in [-0.2, 0) is 4.74 Å². The monoisotopic (exact) mass is 202 g/mol. The molecular formula is C12H14N2O. The third-order valence-electron chi connectivity index (χ3n) is 3.36. The van der Waals surface area contributed by atoms with Gasteiger partial charge in [0, 0.05) is 38.2 Å². The number of methoxy groups -OCH3 is 1. The lowest BCUT2D eigenvalue weighted by molar-refractivity contribution is 0.103. The molecule has 1 aliphatic carbocycles. The fourth-order valence-corrected chi connectivity index (χ4v) is 2.61. The molecule has 1 fully saturated rings. The summed E-state index contributed by atoms with van der Waals surface area (Å²) >= 11 is 0. The summed E-state index contributed by atoms with van der Waals surface area (Å²) in [5.41, 5.74) is 1.43. The van der Waals surface area contributed by atoms with Crippen molar-refractivity contribution in [3.05, 3.63) is 36.2 Å². The van der Waals surface area contributed by atoms with E-state index in [1.165, 1.54) is 5.57 Å². The first kappa shape index (κ1) is 8.92. The molecule has 0 bridgehead atoms. The van der Waals surface area contributed by atoms with Crippen LogP contribution in [0.3, 0.4) is 0 Å². The normalized spacial score (nSPS) is 36.5. The second-order valence-corrected chi connectivity index (χ2v) is 4.10. The van der Waals surface area contributed by atoms with E-state index in [0.29, 0.717) is 12.0 Å². The SMILES string of the molecule is COC1C=CC=C2C1CN1C=CN=CC21. The topological polar surface area (TPSA) is 24.8 Å². The molecule has 3 aliphatic rings. The van der Waals surface area contributed by atoms with Crippen molar-refractivity contribution in [3.8, 4) is 0 Å². The van der Waals surface area contributed by atoms with Crippen LogP contribution in [0.4, 0.5) is 0 Å². The molecule has 0 aromatic carbocycles. The van der Waals surface area contributed by atoms with Crippen molar-refractivity contribution in [2.24, 2.45) is 10.9 Å². The van der Waals surface area contributed by atoms with Crippen molar-refractivity contribution in [2.75, 3.05) is 13.7 Å². The average Bonchev–Trinajstić information content (AvgIpc) is 2.67. The van der Waals surface area contributed by atoms with Crippen LogP contribution in [0.5, 0.6) is 0 Å². The second-order valence-electron chi connectivity index (χ2n) is 4.10. The van der Waals surface area contributed by atoms with Gasteiger partial charge in [-0.05, 0) is 5.57 Å². The van der Waals surface area contributed by atoms with E-state index in [9.17, 15) is 0 Å². The van der Waals surface area contributed by atoms with E-state index >= 15 is 0 Å². The summed E-state index contributed by atoms with van der Waals surface area (Å²) < 4.78 is 5.49. The van der Waals surface area contributed by atoms with E-state index in [1.54, 1.807) is 7.11 Å². The molecule has 0 aromatic rings. The van der Waals surface area contributed by atoms with E-state index in [2.05, 4.69) is 34.3 Å².